The summed E-state index contributed by atoms with van der Waals surface area (Å²) in [5, 5.41) is 2.02. The van der Waals surface area contributed by atoms with Crippen LogP contribution in [-0.4, -0.2) is 68.5 Å². The fourth-order valence-electron chi connectivity index (χ4n) is 6.13. The van der Waals surface area contributed by atoms with Crippen molar-refractivity contribution in [3.63, 3.8) is 0 Å². The van der Waals surface area contributed by atoms with Crippen molar-refractivity contribution in [2.45, 2.75) is 91.7 Å². The van der Waals surface area contributed by atoms with E-state index >= 15 is 0 Å². The summed E-state index contributed by atoms with van der Waals surface area (Å²) in [5.41, 5.74) is 0. The predicted molar refractivity (Wildman–Crippen MR) is 189 cm³/mol. The van der Waals surface area contributed by atoms with Crippen molar-refractivity contribution in [1.82, 2.24) is 0 Å². The lowest BCUT2D eigenvalue weighted by atomic mass is 10.4. The van der Waals surface area contributed by atoms with Crippen molar-refractivity contribution in [2.75, 3.05) is 0 Å². The summed E-state index contributed by atoms with van der Waals surface area (Å²) in [6.45, 7) is 29.1. The van der Waals surface area contributed by atoms with Gasteiger partial charge in [-0.25, -0.2) is 0 Å². The molecule has 42 heavy (non-hydrogen) atoms. The molecule has 0 unspecified atom stereocenters. The smallest absolute Gasteiger partial charge is 0.389 e. The van der Waals surface area contributed by atoms with Gasteiger partial charge < -0.3 is 32.9 Å². The van der Waals surface area contributed by atoms with E-state index < -0.39 is 68.5 Å². The van der Waals surface area contributed by atoms with E-state index in [-0.39, 0.29) is 0 Å². The highest BCUT2D eigenvalue weighted by molar-refractivity contribution is 7.03. The van der Waals surface area contributed by atoms with Crippen molar-refractivity contribution in [1.29, 1.82) is 0 Å². The van der Waals surface area contributed by atoms with Gasteiger partial charge in [-0.1, -0.05) is 60.7 Å². The van der Waals surface area contributed by atoms with E-state index in [1.807, 2.05) is 36.4 Å². The maximum Gasteiger partial charge on any atom is 0.389 e. The van der Waals surface area contributed by atoms with Crippen LogP contribution in [0, 0.1) is 0 Å². The van der Waals surface area contributed by atoms with Crippen molar-refractivity contribution in [3.8, 4) is 0 Å². The van der Waals surface area contributed by atoms with E-state index in [1.54, 1.807) is 0 Å². The van der Waals surface area contributed by atoms with Crippen LogP contribution in [0.4, 0.5) is 0 Å². The fraction of sp³-hybridized carbons (Fsp3) is 0.538. The zero-order valence-corrected chi connectivity index (χ0v) is 36.0. The highest BCUT2D eigenvalue weighted by Gasteiger charge is 2.56. The Labute approximate surface area is 263 Å². The summed E-state index contributed by atoms with van der Waals surface area (Å²) in [4.78, 5) is 0. The molecule has 1 aliphatic heterocycles. The van der Waals surface area contributed by atoms with Crippen molar-refractivity contribution in [2.24, 2.45) is 0 Å². The Kier molecular flexibility index (Phi) is 10.9. The van der Waals surface area contributed by atoms with E-state index in [2.05, 4.69) is 116 Å². The van der Waals surface area contributed by atoms with Gasteiger partial charge >= 0.3 is 68.5 Å². The molecular formula is C26H52O8Si8. The molecule has 0 aliphatic carbocycles. The SMILES string of the molecule is C[Si]1(C)O[Si](C)(C)O[Si](C)(C)O[Si](C)(C)O[Si](c2ccccc2)(c2ccccc2)O[Si](C)(C)O[Si](C)(C)O[Si](C)(C)O1. The molecule has 0 bridgehead atoms. The molecule has 3 rings (SSSR count). The molecule has 16 heteroatoms. The first kappa shape index (κ1) is 36.3. The zero-order valence-electron chi connectivity index (χ0n) is 28.0. The van der Waals surface area contributed by atoms with Crippen LogP contribution in [-0.2, 0) is 32.9 Å². The molecule has 236 valence electrons. The van der Waals surface area contributed by atoms with Crippen LogP contribution < -0.4 is 10.4 Å². The van der Waals surface area contributed by atoms with E-state index in [1.165, 1.54) is 0 Å². The Bertz CT molecular complexity index is 1100. The van der Waals surface area contributed by atoms with Crippen molar-refractivity contribution in [3.05, 3.63) is 60.7 Å². The number of hydrogen-bond donors (Lipinski definition) is 0. The fourth-order valence-corrected chi connectivity index (χ4v) is 47.9. The summed E-state index contributed by atoms with van der Waals surface area (Å²) >= 11 is 0. The Morgan fingerprint density at radius 1 is 0.286 bits per heavy atom. The first-order valence-corrected chi connectivity index (χ1v) is 36.1. The van der Waals surface area contributed by atoms with Gasteiger partial charge in [-0.05, 0) is 102 Å². The van der Waals surface area contributed by atoms with Gasteiger partial charge in [-0.15, -0.1) is 0 Å². The number of hydrogen-bond acceptors (Lipinski definition) is 8. The van der Waals surface area contributed by atoms with Crippen molar-refractivity contribution < 1.29 is 32.9 Å². The summed E-state index contributed by atoms with van der Waals surface area (Å²) < 4.78 is 55.8. The maximum absolute atomic E-state index is 7.37. The topological polar surface area (TPSA) is 73.8 Å². The van der Waals surface area contributed by atoms with Crippen LogP contribution >= 0.6 is 0 Å². The Morgan fingerprint density at radius 3 is 0.690 bits per heavy atom. The second-order valence-corrected chi connectivity index (χ2v) is 42.5. The zero-order chi connectivity index (χ0) is 31.9. The van der Waals surface area contributed by atoms with Gasteiger partial charge in [0.15, 0.2) is 0 Å². The quantitative estimate of drug-likeness (QED) is 0.336. The van der Waals surface area contributed by atoms with Gasteiger partial charge in [0.25, 0.3) is 0 Å². The summed E-state index contributed by atoms with van der Waals surface area (Å²) in [7, 11) is -22.6. The third-order valence-corrected chi connectivity index (χ3v) is 38.1. The second-order valence-electron chi connectivity index (χ2n) is 14.0. The molecule has 0 saturated carbocycles. The molecule has 0 spiro atoms. The second kappa shape index (κ2) is 12.6. The standard InChI is InChI=1S/C26H52O8Si8/c1-35(2)27-36(3,4)29-38(7,8)31-40(11,12)33-42(25-21-17-15-18-22-25,26-23-19-16-20-24-26)34-41(13,14)32-39(9,10)30-37(5,6)28-35/h15-24H,1-14H3. The third-order valence-electron chi connectivity index (χ3n) is 6.04. The van der Waals surface area contributed by atoms with Crippen molar-refractivity contribution >= 4 is 78.9 Å². The highest BCUT2D eigenvalue weighted by atomic mass is 28.5. The molecule has 8 nitrogen and oxygen atoms in total. The molecule has 0 atom stereocenters. The van der Waals surface area contributed by atoms with Crippen LogP contribution in [0.2, 0.25) is 91.7 Å². The van der Waals surface area contributed by atoms with Crippen LogP contribution in [0.5, 0.6) is 0 Å². The lowest BCUT2D eigenvalue weighted by Crippen LogP contribution is -2.73. The van der Waals surface area contributed by atoms with Crippen LogP contribution in [0.3, 0.4) is 0 Å². The molecular weight excluding hydrogens is 665 g/mol. The minimum absolute atomic E-state index is 1.01. The van der Waals surface area contributed by atoms with E-state index in [0.29, 0.717) is 0 Å². The van der Waals surface area contributed by atoms with Gasteiger partial charge in [-0.3, -0.25) is 0 Å². The van der Waals surface area contributed by atoms with Gasteiger partial charge in [0, 0.05) is 0 Å². The molecule has 1 fully saturated rings. The highest BCUT2D eigenvalue weighted by Crippen LogP contribution is 2.32. The van der Waals surface area contributed by atoms with E-state index in [4.69, 9.17) is 32.9 Å². The van der Waals surface area contributed by atoms with Gasteiger partial charge in [0.1, 0.15) is 0 Å². The first-order valence-electron chi connectivity index (χ1n) is 14.6. The summed E-state index contributed by atoms with van der Waals surface area (Å²) in [6.07, 6.45) is 0. The normalized spacial score (nSPS) is 26.6. The largest absolute Gasteiger partial charge is 0.416 e. The lowest BCUT2D eigenvalue weighted by molar-refractivity contribution is 0.244. The van der Waals surface area contributed by atoms with Crippen LogP contribution in [0.15, 0.2) is 60.7 Å². The third kappa shape index (κ3) is 10.5. The molecule has 0 radical (unpaired) electrons. The maximum atomic E-state index is 7.37. The molecule has 1 saturated heterocycles. The molecule has 2 aromatic rings. The first-order chi connectivity index (χ1) is 18.9. The molecule has 1 aliphatic rings. The van der Waals surface area contributed by atoms with Gasteiger partial charge in [0.2, 0.25) is 0 Å². The average molecular weight is 717 g/mol. The molecule has 2 aromatic carbocycles. The predicted octanol–water partition coefficient (Wildman–Crippen LogP) is 6.30. The van der Waals surface area contributed by atoms with E-state index in [9.17, 15) is 0 Å². The Hall–Kier alpha value is -0.145. The van der Waals surface area contributed by atoms with E-state index in [0.717, 1.165) is 10.4 Å². The number of benzene rings is 2. The molecule has 0 amide bonds. The molecule has 0 N–H and O–H groups in total. The lowest BCUT2D eigenvalue weighted by Gasteiger charge is -2.47. The summed E-state index contributed by atoms with van der Waals surface area (Å²) in [6, 6.07) is 20.6. The summed E-state index contributed by atoms with van der Waals surface area (Å²) in [5.74, 6) is 0. The minimum atomic E-state index is -3.38. The van der Waals surface area contributed by atoms with Crippen LogP contribution in [0.1, 0.15) is 0 Å². The minimum Gasteiger partial charge on any atom is -0.416 e. The van der Waals surface area contributed by atoms with Gasteiger partial charge in [-0.2, -0.15) is 0 Å². The Balaban J connectivity index is 2.23. The molecule has 0 aromatic heterocycles. The average Bonchev–Trinajstić information content (AvgIpc) is 2.73. The van der Waals surface area contributed by atoms with Crippen LogP contribution in [0.25, 0.3) is 0 Å². The monoisotopic (exact) mass is 716 g/mol. The Morgan fingerprint density at radius 2 is 0.476 bits per heavy atom. The number of rotatable bonds is 2. The van der Waals surface area contributed by atoms with Gasteiger partial charge in [0.05, 0.1) is 0 Å². The molecule has 1 heterocycles.